The highest BCUT2D eigenvalue weighted by atomic mass is 16.5. The Morgan fingerprint density at radius 1 is 1.32 bits per heavy atom. The molecule has 1 unspecified atom stereocenters. The number of hydrogen-bond donors (Lipinski definition) is 1. The highest BCUT2D eigenvalue weighted by Gasteiger charge is 2.23. The number of amides is 2. The number of urea groups is 1. The second-order valence-corrected chi connectivity index (χ2v) is 8.30. The number of aryl methyl sites for hydroxylation is 3. The van der Waals surface area contributed by atoms with Gasteiger partial charge in [-0.25, -0.2) is 10.6 Å². The average Bonchev–Trinajstić information content (AvgIpc) is 2.84. The van der Waals surface area contributed by atoms with E-state index in [0.717, 1.165) is 57.0 Å². The fourth-order valence-corrected chi connectivity index (χ4v) is 4.14. The fraction of sp³-hybridized carbons (Fsp3) is 0.296. The number of nitrogens with zero attached hydrogens (tertiary/aromatic N) is 4. The molecule has 7 heteroatoms. The van der Waals surface area contributed by atoms with Gasteiger partial charge >= 0.3 is 6.03 Å². The third kappa shape index (κ3) is 5.03. The van der Waals surface area contributed by atoms with E-state index in [-0.39, 0.29) is 12.5 Å². The van der Waals surface area contributed by atoms with Gasteiger partial charge < -0.3 is 4.74 Å². The predicted octanol–water partition coefficient (Wildman–Crippen LogP) is 5.28. The van der Waals surface area contributed by atoms with Gasteiger partial charge in [-0.15, -0.1) is 0 Å². The van der Waals surface area contributed by atoms with Crippen molar-refractivity contribution in [2.75, 3.05) is 12.1 Å². The zero-order valence-electron chi connectivity index (χ0n) is 20.2. The Balaban J connectivity index is 1.94. The minimum absolute atomic E-state index is 0.149. The van der Waals surface area contributed by atoms with Crippen molar-refractivity contribution in [1.82, 2.24) is 5.01 Å². The van der Waals surface area contributed by atoms with Crippen molar-refractivity contribution in [2.45, 2.75) is 40.2 Å². The molecule has 0 heterocycles. The Labute approximate surface area is 201 Å². The first kappa shape index (κ1) is 24.7. The van der Waals surface area contributed by atoms with E-state index in [9.17, 15) is 10.1 Å². The molecular formula is C27H31N5O2. The van der Waals surface area contributed by atoms with Crippen LogP contribution in [0.5, 0.6) is 5.75 Å². The van der Waals surface area contributed by atoms with E-state index in [2.05, 4.69) is 24.0 Å². The standard InChI is InChI=1S/C27H31N5O2/c1-6-20-11-9-13-25(32(30-4)27(33)31(5)29)24(20)17-34-26-15-18(2)23(14-19(26)3)22-12-8-7-10-21(22)16-28/h7-9,11-15,21H,4,6,10,17,29H2,1-3,5H3. The number of ether oxygens (including phenoxy) is 1. The van der Waals surface area contributed by atoms with Crippen LogP contribution in [0.25, 0.3) is 5.57 Å². The second-order valence-electron chi connectivity index (χ2n) is 8.30. The van der Waals surface area contributed by atoms with Gasteiger partial charge in [-0.2, -0.15) is 15.4 Å². The van der Waals surface area contributed by atoms with Crippen LogP contribution in [0.3, 0.4) is 0 Å². The summed E-state index contributed by atoms with van der Waals surface area (Å²) >= 11 is 0. The molecule has 176 valence electrons. The Morgan fingerprint density at radius 2 is 2.09 bits per heavy atom. The first-order valence-electron chi connectivity index (χ1n) is 11.2. The Kier molecular flexibility index (Phi) is 7.87. The summed E-state index contributed by atoms with van der Waals surface area (Å²) in [5.74, 6) is 6.26. The van der Waals surface area contributed by atoms with Crippen molar-refractivity contribution in [3.8, 4) is 11.8 Å². The van der Waals surface area contributed by atoms with Gasteiger partial charge in [0, 0.05) is 19.3 Å². The Morgan fingerprint density at radius 3 is 2.74 bits per heavy atom. The number of allylic oxidation sites excluding steroid dienone is 4. The number of rotatable bonds is 7. The fourth-order valence-electron chi connectivity index (χ4n) is 4.14. The maximum Gasteiger partial charge on any atom is 0.359 e. The van der Waals surface area contributed by atoms with Crippen molar-refractivity contribution in [1.29, 1.82) is 5.26 Å². The number of hydrogen-bond acceptors (Lipinski definition) is 5. The van der Waals surface area contributed by atoms with Crippen molar-refractivity contribution in [3.63, 3.8) is 0 Å². The van der Waals surface area contributed by atoms with Crippen LogP contribution in [0, 0.1) is 31.1 Å². The molecule has 7 nitrogen and oxygen atoms in total. The quantitative estimate of drug-likeness (QED) is 0.265. The van der Waals surface area contributed by atoms with Crippen molar-refractivity contribution >= 4 is 24.0 Å². The summed E-state index contributed by atoms with van der Waals surface area (Å²) in [6.45, 7) is 9.87. The largest absolute Gasteiger partial charge is 0.489 e. The molecule has 2 aromatic rings. The maximum atomic E-state index is 12.6. The van der Waals surface area contributed by atoms with E-state index in [0.29, 0.717) is 5.69 Å². The third-order valence-electron chi connectivity index (χ3n) is 6.00. The van der Waals surface area contributed by atoms with Gasteiger partial charge in [-0.05, 0) is 72.7 Å². The molecule has 0 aliphatic heterocycles. The normalized spacial score (nSPS) is 14.7. The lowest BCUT2D eigenvalue weighted by molar-refractivity contribution is 0.216. The first-order chi connectivity index (χ1) is 16.3. The van der Waals surface area contributed by atoms with Crippen LogP contribution in [0.15, 0.2) is 53.7 Å². The van der Waals surface area contributed by atoms with Crippen LogP contribution in [-0.4, -0.2) is 24.8 Å². The SMILES string of the molecule is C=NN(C(=O)N(C)N)c1cccc(CC)c1COc1cc(C)c(C2=CC=CCC2C#N)cc1C. The van der Waals surface area contributed by atoms with Crippen molar-refractivity contribution < 1.29 is 9.53 Å². The lowest BCUT2D eigenvalue weighted by Crippen LogP contribution is -2.42. The number of carbonyl (C=O) groups excluding carboxylic acids is 1. The maximum absolute atomic E-state index is 12.6. The van der Waals surface area contributed by atoms with E-state index in [1.165, 1.54) is 12.1 Å². The molecule has 3 rings (SSSR count). The summed E-state index contributed by atoms with van der Waals surface area (Å²) in [5, 5.41) is 15.6. The molecule has 0 saturated heterocycles. The number of carbonyl (C=O) groups is 1. The predicted molar refractivity (Wildman–Crippen MR) is 136 cm³/mol. The number of anilines is 1. The molecule has 1 aliphatic rings. The minimum Gasteiger partial charge on any atom is -0.489 e. The molecule has 2 aromatic carbocycles. The van der Waals surface area contributed by atoms with Gasteiger partial charge in [0.25, 0.3) is 0 Å². The molecule has 0 fully saturated rings. The molecule has 0 spiro atoms. The molecule has 2 N–H and O–H groups in total. The molecule has 34 heavy (non-hydrogen) atoms. The van der Waals surface area contributed by atoms with Crippen molar-refractivity contribution in [3.05, 3.63) is 76.4 Å². The zero-order chi connectivity index (χ0) is 24.8. The number of hydrazine groups is 1. The number of hydrazone groups is 1. The lowest BCUT2D eigenvalue weighted by Gasteiger charge is -2.25. The molecule has 2 amide bonds. The molecule has 1 atom stereocenters. The monoisotopic (exact) mass is 457 g/mol. The summed E-state index contributed by atoms with van der Waals surface area (Å²) in [7, 11) is 1.46. The molecule has 0 aromatic heterocycles. The van der Waals surface area contributed by atoms with E-state index in [1.54, 1.807) is 6.07 Å². The smallest absolute Gasteiger partial charge is 0.359 e. The van der Waals surface area contributed by atoms with Gasteiger partial charge in [0.2, 0.25) is 0 Å². The number of nitrogens with two attached hydrogens (primary N) is 1. The lowest BCUT2D eigenvalue weighted by atomic mass is 9.85. The van der Waals surface area contributed by atoms with Crippen LogP contribution in [-0.2, 0) is 13.0 Å². The Hall–Kier alpha value is -3.89. The van der Waals surface area contributed by atoms with Crippen LogP contribution in [0.1, 0.15) is 41.2 Å². The van der Waals surface area contributed by atoms with Gasteiger partial charge in [0.05, 0.1) is 17.7 Å². The minimum atomic E-state index is -0.497. The summed E-state index contributed by atoms with van der Waals surface area (Å²) in [6.07, 6.45) is 7.53. The van der Waals surface area contributed by atoms with E-state index in [4.69, 9.17) is 10.6 Å². The van der Waals surface area contributed by atoms with Crippen LogP contribution in [0.4, 0.5) is 10.5 Å². The summed E-state index contributed by atoms with van der Waals surface area (Å²) < 4.78 is 6.27. The number of nitriles is 1. The highest BCUT2D eigenvalue weighted by molar-refractivity contribution is 5.92. The van der Waals surface area contributed by atoms with Crippen LogP contribution in [0.2, 0.25) is 0 Å². The van der Waals surface area contributed by atoms with Gasteiger partial charge in [0.15, 0.2) is 0 Å². The molecule has 1 aliphatic carbocycles. The molecular weight excluding hydrogens is 426 g/mol. The topological polar surface area (TPSA) is 95.0 Å². The summed E-state index contributed by atoms with van der Waals surface area (Å²) in [4.78, 5) is 12.6. The summed E-state index contributed by atoms with van der Waals surface area (Å²) in [5.41, 5.74) is 6.58. The highest BCUT2D eigenvalue weighted by Crippen LogP contribution is 2.35. The van der Waals surface area contributed by atoms with Gasteiger partial charge in [-0.1, -0.05) is 37.3 Å². The number of benzene rings is 2. The molecule has 0 radical (unpaired) electrons. The second kappa shape index (κ2) is 10.8. The first-order valence-corrected chi connectivity index (χ1v) is 11.2. The van der Waals surface area contributed by atoms with Crippen LogP contribution < -0.4 is 15.6 Å². The van der Waals surface area contributed by atoms with Gasteiger partial charge in [-0.3, -0.25) is 5.01 Å². The van der Waals surface area contributed by atoms with Crippen LogP contribution >= 0.6 is 0 Å². The zero-order valence-corrected chi connectivity index (χ0v) is 20.2. The summed E-state index contributed by atoms with van der Waals surface area (Å²) in [6, 6.07) is 11.7. The van der Waals surface area contributed by atoms with Gasteiger partial charge in [0.1, 0.15) is 12.4 Å². The van der Waals surface area contributed by atoms with E-state index in [1.807, 2.05) is 57.2 Å². The van der Waals surface area contributed by atoms with E-state index >= 15 is 0 Å². The van der Waals surface area contributed by atoms with E-state index < -0.39 is 6.03 Å². The average molecular weight is 458 g/mol. The Bertz CT molecular complexity index is 1190. The molecule has 0 saturated carbocycles. The molecule has 0 bridgehead atoms. The third-order valence-corrected chi connectivity index (χ3v) is 6.00. The van der Waals surface area contributed by atoms with Crippen molar-refractivity contribution in [2.24, 2.45) is 16.9 Å².